The maximum absolute atomic E-state index is 12.2. The van der Waals surface area contributed by atoms with E-state index >= 15 is 0 Å². The molecule has 0 spiro atoms. The highest BCUT2D eigenvalue weighted by atomic mass is 32.2. The van der Waals surface area contributed by atoms with Crippen LogP contribution in [0.4, 0.5) is 0 Å². The number of aryl methyl sites for hydroxylation is 1. The summed E-state index contributed by atoms with van der Waals surface area (Å²) in [5, 5.41) is 7.63. The maximum atomic E-state index is 12.2. The van der Waals surface area contributed by atoms with Crippen molar-refractivity contribution < 1.29 is 8.42 Å². The highest BCUT2D eigenvalue weighted by molar-refractivity contribution is 7.89. The minimum absolute atomic E-state index is 0.141. The molecule has 0 saturated heterocycles. The third-order valence-electron chi connectivity index (χ3n) is 2.67. The quantitative estimate of drug-likeness (QED) is 0.566. The van der Waals surface area contributed by atoms with Crippen molar-refractivity contribution in [2.45, 2.75) is 11.8 Å². The Morgan fingerprint density at radius 2 is 2.16 bits per heavy atom. The fourth-order valence-electron chi connectivity index (χ4n) is 1.77. The Labute approximate surface area is 111 Å². The largest absolute Gasteiger partial charge is 0.387 e. The van der Waals surface area contributed by atoms with E-state index in [4.69, 9.17) is 11.1 Å². The van der Waals surface area contributed by atoms with E-state index in [0.29, 0.717) is 10.9 Å². The fraction of sp³-hybridized carbons (Fsp3) is 0.167. The first-order chi connectivity index (χ1) is 8.92. The Morgan fingerprint density at radius 1 is 1.42 bits per heavy atom. The van der Waals surface area contributed by atoms with E-state index in [1.807, 2.05) is 6.92 Å². The molecule has 2 aromatic rings. The third-order valence-corrected chi connectivity index (χ3v) is 4.13. The number of nitrogens with one attached hydrogen (secondary N) is 2. The van der Waals surface area contributed by atoms with Gasteiger partial charge >= 0.3 is 0 Å². The highest BCUT2D eigenvalue weighted by Gasteiger charge is 2.18. The second kappa shape index (κ2) is 4.94. The van der Waals surface area contributed by atoms with Gasteiger partial charge in [-0.3, -0.25) is 10.4 Å². The van der Waals surface area contributed by atoms with Crippen molar-refractivity contribution in [1.29, 1.82) is 5.41 Å². The van der Waals surface area contributed by atoms with E-state index in [1.165, 1.54) is 6.07 Å². The number of fused-ring (bicyclic) bond motifs is 1. The van der Waals surface area contributed by atoms with Crippen LogP contribution in [0.15, 0.2) is 35.4 Å². The molecule has 0 saturated carbocycles. The van der Waals surface area contributed by atoms with Crippen LogP contribution < -0.4 is 10.5 Å². The Bertz CT molecular complexity index is 740. The van der Waals surface area contributed by atoms with Gasteiger partial charge < -0.3 is 5.73 Å². The molecular weight excluding hydrogens is 264 g/mol. The number of nitrogens with zero attached hydrogens (tertiary/aromatic N) is 1. The second-order valence-electron chi connectivity index (χ2n) is 4.13. The van der Waals surface area contributed by atoms with E-state index in [-0.39, 0.29) is 17.3 Å². The normalized spacial score (nSPS) is 11.6. The molecule has 0 aliphatic heterocycles. The number of pyridine rings is 1. The van der Waals surface area contributed by atoms with Crippen LogP contribution >= 0.6 is 0 Å². The van der Waals surface area contributed by atoms with Gasteiger partial charge in [-0.2, -0.15) is 0 Å². The number of amidine groups is 1. The van der Waals surface area contributed by atoms with Crippen LogP contribution in [-0.4, -0.2) is 25.8 Å². The average Bonchev–Trinajstić information content (AvgIpc) is 2.37. The van der Waals surface area contributed by atoms with Crippen molar-refractivity contribution in [1.82, 2.24) is 9.71 Å². The molecule has 100 valence electrons. The molecule has 0 fully saturated rings. The van der Waals surface area contributed by atoms with Crippen LogP contribution in [0.1, 0.15) is 5.56 Å². The monoisotopic (exact) mass is 278 g/mol. The van der Waals surface area contributed by atoms with Gasteiger partial charge in [-0.1, -0.05) is 6.07 Å². The number of aromatic nitrogens is 1. The average molecular weight is 278 g/mol. The number of benzene rings is 1. The summed E-state index contributed by atoms with van der Waals surface area (Å²) in [6.07, 6.45) is 1.62. The molecule has 7 heteroatoms. The Hall–Kier alpha value is -1.99. The smallest absolute Gasteiger partial charge is 0.241 e. The maximum Gasteiger partial charge on any atom is 0.241 e. The first-order valence-corrected chi connectivity index (χ1v) is 7.07. The summed E-state index contributed by atoms with van der Waals surface area (Å²) in [6, 6.07) is 6.63. The Balaban J connectivity index is 2.57. The first kappa shape index (κ1) is 13.4. The molecule has 1 aromatic heterocycles. The number of hydrogen-bond acceptors (Lipinski definition) is 4. The molecule has 4 N–H and O–H groups in total. The van der Waals surface area contributed by atoms with Gasteiger partial charge in [-0.05, 0) is 30.7 Å². The van der Waals surface area contributed by atoms with Crippen molar-refractivity contribution in [2.75, 3.05) is 6.54 Å². The molecule has 2 rings (SSSR count). The molecule has 1 heterocycles. The zero-order valence-electron chi connectivity index (χ0n) is 10.3. The SMILES string of the molecule is Cc1ccc(S(=O)(=O)NCC(=N)N)c2cccnc12. The molecule has 0 unspecified atom stereocenters. The van der Waals surface area contributed by atoms with Crippen molar-refractivity contribution >= 4 is 26.8 Å². The molecule has 0 aliphatic carbocycles. The van der Waals surface area contributed by atoms with Crippen LogP contribution in [0.5, 0.6) is 0 Å². The summed E-state index contributed by atoms with van der Waals surface area (Å²) < 4.78 is 26.6. The summed E-state index contributed by atoms with van der Waals surface area (Å²) in [6.45, 7) is 1.66. The van der Waals surface area contributed by atoms with Gasteiger partial charge in [-0.25, -0.2) is 13.1 Å². The molecule has 0 radical (unpaired) electrons. The summed E-state index contributed by atoms with van der Waals surface area (Å²) in [7, 11) is -3.71. The van der Waals surface area contributed by atoms with Crippen LogP contribution in [0, 0.1) is 12.3 Å². The number of sulfonamides is 1. The summed E-state index contributed by atoms with van der Waals surface area (Å²) >= 11 is 0. The van der Waals surface area contributed by atoms with E-state index in [2.05, 4.69) is 9.71 Å². The Morgan fingerprint density at radius 3 is 2.84 bits per heavy atom. The first-order valence-electron chi connectivity index (χ1n) is 5.59. The zero-order valence-corrected chi connectivity index (χ0v) is 11.2. The number of hydrogen-bond donors (Lipinski definition) is 3. The highest BCUT2D eigenvalue weighted by Crippen LogP contribution is 2.23. The van der Waals surface area contributed by atoms with Crippen LogP contribution in [0.25, 0.3) is 10.9 Å². The lowest BCUT2D eigenvalue weighted by Crippen LogP contribution is -2.33. The van der Waals surface area contributed by atoms with Gasteiger partial charge in [0.2, 0.25) is 10.0 Å². The predicted octanol–water partition coefficient (Wildman–Crippen LogP) is 0.757. The molecule has 19 heavy (non-hydrogen) atoms. The molecular formula is C12H14N4O2S. The van der Waals surface area contributed by atoms with Gasteiger partial charge in [0, 0.05) is 11.6 Å². The molecule has 0 bridgehead atoms. The lowest BCUT2D eigenvalue weighted by Gasteiger charge is -2.10. The van der Waals surface area contributed by atoms with Gasteiger partial charge in [0.15, 0.2) is 0 Å². The van der Waals surface area contributed by atoms with E-state index in [1.54, 1.807) is 24.4 Å². The van der Waals surface area contributed by atoms with E-state index in [0.717, 1.165) is 5.56 Å². The fourth-order valence-corrected chi connectivity index (χ4v) is 2.98. The van der Waals surface area contributed by atoms with Crippen molar-refractivity contribution in [3.8, 4) is 0 Å². The van der Waals surface area contributed by atoms with Crippen molar-refractivity contribution in [2.24, 2.45) is 5.73 Å². The topological polar surface area (TPSA) is 109 Å². The van der Waals surface area contributed by atoms with Gasteiger partial charge in [0.25, 0.3) is 0 Å². The molecule has 1 aromatic carbocycles. The van der Waals surface area contributed by atoms with Gasteiger partial charge in [0.05, 0.1) is 17.0 Å². The molecule has 6 nitrogen and oxygen atoms in total. The summed E-state index contributed by atoms with van der Waals surface area (Å²) in [5.74, 6) is -0.238. The van der Waals surface area contributed by atoms with E-state index < -0.39 is 10.0 Å². The standard InChI is InChI=1S/C12H14N4O2S/c1-8-4-5-10(9-3-2-6-15-12(8)9)19(17,18)16-7-11(13)14/h2-6,16H,7H2,1H3,(H3,13,14). The van der Waals surface area contributed by atoms with Crippen molar-refractivity contribution in [3.05, 3.63) is 36.0 Å². The molecule has 0 amide bonds. The third kappa shape index (κ3) is 2.72. The van der Waals surface area contributed by atoms with Crippen LogP contribution in [0.2, 0.25) is 0 Å². The van der Waals surface area contributed by atoms with E-state index in [9.17, 15) is 8.42 Å². The zero-order chi connectivity index (χ0) is 14.0. The predicted molar refractivity (Wildman–Crippen MR) is 73.6 cm³/mol. The molecule has 0 atom stereocenters. The van der Waals surface area contributed by atoms with Gasteiger partial charge in [-0.15, -0.1) is 0 Å². The summed E-state index contributed by atoms with van der Waals surface area (Å²) in [4.78, 5) is 4.33. The van der Waals surface area contributed by atoms with Gasteiger partial charge in [0.1, 0.15) is 5.84 Å². The van der Waals surface area contributed by atoms with Crippen LogP contribution in [-0.2, 0) is 10.0 Å². The number of nitrogens with two attached hydrogens (primary N) is 1. The Kier molecular flexibility index (Phi) is 3.50. The lowest BCUT2D eigenvalue weighted by atomic mass is 10.1. The minimum Gasteiger partial charge on any atom is -0.387 e. The second-order valence-corrected chi connectivity index (χ2v) is 5.87. The number of rotatable bonds is 4. The minimum atomic E-state index is -3.71. The molecule has 0 aliphatic rings. The van der Waals surface area contributed by atoms with Crippen molar-refractivity contribution in [3.63, 3.8) is 0 Å². The van der Waals surface area contributed by atoms with Crippen LogP contribution in [0.3, 0.4) is 0 Å². The lowest BCUT2D eigenvalue weighted by molar-refractivity contribution is 0.587. The summed E-state index contributed by atoms with van der Waals surface area (Å²) in [5.41, 5.74) is 6.71.